The van der Waals surface area contributed by atoms with Crippen molar-refractivity contribution in [2.75, 3.05) is 0 Å². The molecule has 0 spiro atoms. The zero-order valence-corrected chi connectivity index (χ0v) is 16.0. The molecular weight excluding hydrogens is 355 g/mol. The van der Waals surface area contributed by atoms with Crippen LogP contribution in [0.25, 0.3) is 0 Å². The van der Waals surface area contributed by atoms with E-state index in [1.165, 1.54) is 0 Å². The van der Waals surface area contributed by atoms with Gasteiger partial charge in [0.25, 0.3) is 0 Å². The fourth-order valence-corrected chi connectivity index (χ4v) is 7.06. The molecule has 4 rings (SSSR count). The third kappa shape index (κ3) is 3.24. The minimum Gasteiger partial charge on any atom is -0.457 e. The zero-order chi connectivity index (χ0) is 18.9. The highest BCUT2D eigenvalue weighted by Crippen LogP contribution is 2.57. The molecule has 0 aliphatic carbocycles. The van der Waals surface area contributed by atoms with Gasteiger partial charge in [-0.3, -0.25) is 4.79 Å². The van der Waals surface area contributed by atoms with E-state index in [1.807, 2.05) is 91.9 Å². The first-order valence-corrected chi connectivity index (χ1v) is 10.8. The zero-order valence-electron chi connectivity index (χ0n) is 15.1. The maximum absolute atomic E-state index is 14.6. The molecule has 1 aliphatic rings. The number of rotatable bonds is 4. The molecule has 0 aromatic heterocycles. The van der Waals surface area contributed by atoms with Crippen LogP contribution in [0.3, 0.4) is 0 Å². The topological polar surface area (TPSA) is 43.4 Å². The Bertz CT molecular complexity index is 938. The summed E-state index contributed by atoms with van der Waals surface area (Å²) in [7, 11) is -3.09. The summed E-state index contributed by atoms with van der Waals surface area (Å²) < 4.78 is 20.3. The van der Waals surface area contributed by atoms with Crippen LogP contribution in [-0.2, 0) is 14.1 Å². The standard InChI is InChI=1S/C23H21O3P/c1-17-12-14-18(15-13-17)23-21(16-22(24)26-23)27(25,19-8-4-2-5-9-19)20-10-6-3-7-11-20/h2-15,21,23H,16H2,1H3. The van der Waals surface area contributed by atoms with Gasteiger partial charge in [-0.05, 0) is 12.5 Å². The number of hydrogen-bond acceptors (Lipinski definition) is 3. The highest BCUT2D eigenvalue weighted by Gasteiger charge is 2.49. The summed E-state index contributed by atoms with van der Waals surface area (Å²) in [6.07, 6.45) is -0.357. The Morgan fingerprint density at radius 1 is 0.815 bits per heavy atom. The van der Waals surface area contributed by atoms with Gasteiger partial charge >= 0.3 is 5.97 Å². The van der Waals surface area contributed by atoms with Crippen LogP contribution in [0.1, 0.15) is 23.7 Å². The first-order valence-electron chi connectivity index (χ1n) is 9.06. The maximum Gasteiger partial charge on any atom is 0.307 e. The number of hydrogen-bond donors (Lipinski definition) is 0. The van der Waals surface area contributed by atoms with Crippen LogP contribution >= 0.6 is 7.14 Å². The van der Waals surface area contributed by atoms with Gasteiger partial charge < -0.3 is 9.30 Å². The molecule has 1 saturated heterocycles. The van der Waals surface area contributed by atoms with Crippen molar-refractivity contribution in [2.24, 2.45) is 0 Å². The Morgan fingerprint density at radius 2 is 1.33 bits per heavy atom. The third-order valence-corrected chi connectivity index (χ3v) is 8.65. The molecule has 136 valence electrons. The largest absolute Gasteiger partial charge is 0.457 e. The fraction of sp³-hybridized carbons (Fsp3) is 0.174. The Hall–Kier alpha value is -2.64. The molecule has 0 N–H and O–H groups in total. The van der Waals surface area contributed by atoms with E-state index in [2.05, 4.69) is 0 Å². The van der Waals surface area contributed by atoms with E-state index < -0.39 is 18.9 Å². The molecule has 1 heterocycles. The molecule has 0 radical (unpaired) electrons. The molecule has 2 unspecified atom stereocenters. The lowest BCUT2D eigenvalue weighted by atomic mass is 10.0. The number of ether oxygens (including phenoxy) is 1. The quantitative estimate of drug-likeness (QED) is 0.502. The predicted octanol–water partition coefficient (Wildman–Crippen LogP) is 4.37. The van der Waals surface area contributed by atoms with E-state index in [4.69, 9.17) is 4.74 Å². The summed E-state index contributed by atoms with van der Waals surface area (Å²) in [5, 5.41) is 1.52. The molecule has 2 atom stereocenters. The number of carbonyl (C=O) groups excluding carboxylic acids is 1. The minimum absolute atomic E-state index is 0.152. The van der Waals surface area contributed by atoms with E-state index in [0.29, 0.717) is 0 Å². The molecular formula is C23H21O3P. The number of benzene rings is 3. The second-order valence-corrected chi connectivity index (χ2v) is 9.93. The average molecular weight is 376 g/mol. The van der Waals surface area contributed by atoms with Crippen molar-refractivity contribution >= 4 is 23.7 Å². The van der Waals surface area contributed by atoms with Crippen molar-refractivity contribution in [1.82, 2.24) is 0 Å². The van der Waals surface area contributed by atoms with Crippen LogP contribution in [0.5, 0.6) is 0 Å². The fourth-order valence-electron chi connectivity index (χ4n) is 3.74. The van der Waals surface area contributed by atoms with Crippen molar-refractivity contribution in [2.45, 2.75) is 25.1 Å². The Balaban J connectivity index is 1.87. The van der Waals surface area contributed by atoms with E-state index in [0.717, 1.165) is 21.7 Å². The highest BCUT2D eigenvalue weighted by molar-refractivity contribution is 7.79. The minimum atomic E-state index is -3.09. The van der Waals surface area contributed by atoms with Gasteiger partial charge in [0.15, 0.2) is 7.14 Å². The van der Waals surface area contributed by atoms with Gasteiger partial charge in [0.2, 0.25) is 0 Å². The lowest BCUT2D eigenvalue weighted by Gasteiger charge is -2.28. The summed E-state index contributed by atoms with van der Waals surface area (Å²) in [6.45, 7) is 2.01. The van der Waals surface area contributed by atoms with E-state index in [9.17, 15) is 9.36 Å². The van der Waals surface area contributed by atoms with Crippen molar-refractivity contribution in [3.8, 4) is 0 Å². The average Bonchev–Trinajstić information content (AvgIpc) is 3.11. The highest BCUT2D eigenvalue weighted by atomic mass is 31.2. The Kier molecular flexibility index (Phi) is 4.72. The monoisotopic (exact) mass is 376 g/mol. The molecule has 0 saturated carbocycles. The van der Waals surface area contributed by atoms with Gasteiger partial charge in [0.05, 0.1) is 12.1 Å². The first kappa shape index (κ1) is 17.8. The Labute approximate surface area is 159 Å². The summed E-state index contributed by atoms with van der Waals surface area (Å²) in [5.41, 5.74) is 1.61. The van der Waals surface area contributed by atoms with Crippen LogP contribution in [0.2, 0.25) is 0 Å². The second kappa shape index (κ2) is 7.17. The number of cyclic esters (lactones) is 1. The SMILES string of the molecule is Cc1ccc(C2OC(=O)CC2P(=O)(c2ccccc2)c2ccccc2)cc1. The lowest BCUT2D eigenvalue weighted by molar-refractivity contribution is -0.141. The van der Waals surface area contributed by atoms with Crippen LogP contribution < -0.4 is 10.6 Å². The molecule has 3 aromatic carbocycles. The van der Waals surface area contributed by atoms with Crippen molar-refractivity contribution in [1.29, 1.82) is 0 Å². The second-order valence-electron chi connectivity index (χ2n) is 6.92. The lowest BCUT2D eigenvalue weighted by Crippen LogP contribution is -2.28. The summed E-state index contributed by atoms with van der Waals surface area (Å²) >= 11 is 0. The van der Waals surface area contributed by atoms with Gasteiger partial charge in [-0.15, -0.1) is 0 Å². The van der Waals surface area contributed by atoms with Gasteiger partial charge in [-0.2, -0.15) is 0 Å². The molecule has 1 fully saturated rings. The smallest absolute Gasteiger partial charge is 0.307 e. The molecule has 1 aliphatic heterocycles. The van der Waals surface area contributed by atoms with Gasteiger partial charge in [0, 0.05) is 10.6 Å². The normalized spacial score (nSPS) is 19.7. The van der Waals surface area contributed by atoms with E-state index >= 15 is 0 Å². The number of esters is 1. The van der Waals surface area contributed by atoms with Gasteiger partial charge in [-0.1, -0.05) is 90.5 Å². The molecule has 27 heavy (non-hydrogen) atoms. The third-order valence-electron chi connectivity index (χ3n) is 5.14. The summed E-state index contributed by atoms with van der Waals surface area (Å²) in [5.74, 6) is -0.294. The predicted molar refractivity (Wildman–Crippen MR) is 108 cm³/mol. The first-order chi connectivity index (χ1) is 13.1. The van der Waals surface area contributed by atoms with Crippen molar-refractivity contribution in [3.63, 3.8) is 0 Å². The maximum atomic E-state index is 14.6. The van der Waals surface area contributed by atoms with E-state index in [1.54, 1.807) is 0 Å². The van der Waals surface area contributed by atoms with Crippen LogP contribution in [0.15, 0.2) is 84.9 Å². The van der Waals surface area contributed by atoms with Crippen LogP contribution in [-0.4, -0.2) is 11.6 Å². The molecule has 0 amide bonds. The molecule has 3 aromatic rings. The Morgan fingerprint density at radius 3 is 1.85 bits per heavy atom. The number of aryl methyl sites for hydroxylation is 1. The molecule has 0 bridgehead atoms. The van der Waals surface area contributed by atoms with Gasteiger partial charge in [0.1, 0.15) is 6.10 Å². The summed E-state index contributed by atoms with van der Waals surface area (Å²) in [4.78, 5) is 12.3. The molecule has 3 nitrogen and oxygen atoms in total. The van der Waals surface area contributed by atoms with Crippen molar-refractivity contribution < 1.29 is 14.1 Å². The summed E-state index contributed by atoms with van der Waals surface area (Å²) in [6, 6.07) is 26.9. The van der Waals surface area contributed by atoms with Gasteiger partial charge in [-0.25, -0.2) is 0 Å². The molecule has 4 heteroatoms. The number of carbonyl (C=O) groups is 1. The van der Waals surface area contributed by atoms with Crippen LogP contribution in [0, 0.1) is 6.92 Å². The van der Waals surface area contributed by atoms with Crippen LogP contribution in [0.4, 0.5) is 0 Å². The van der Waals surface area contributed by atoms with Crippen molar-refractivity contribution in [3.05, 3.63) is 96.1 Å². The van der Waals surface area contributed by atoms with E-state index in [-0.39, 0.29) is 12.4 Å².